The van der Waals surface area contributed by atoms with E-state index in [2.05, 4.69) is 84.5 Å². The van der Waals surface area contributed by atoms with Crippen LogP contribution in [0.2, 0.25) is 0 Å². The van der Waals surface area contributed by atoms with Crippen LogP contribution in [0.1, 0.15) is 25.3 Å². The van der Waals surface area contributed by atoms with Crippen LogP contribution in [-0.4, -0.2) is 24.5 Å². The Balaban J connectivity index is 0.000000714. The number of rotatable bonds is 7. The molecule has 1 N–H and O–H groups in total. The summed E-state index contributed by atoms with van der Waals surface area (Å²) in [7, 11) is 1.95. The van der Waals surface area contributed by atoms with Gasteiger partial charge in [-0.25, -0.2) is 4.98 Å². The summed E-state index contributed by atoms with van der Waals surface area (Å²) in [5.41, 5.74) is 4.48. The molecule has 1 aliphatic carbocycles. The molecule has 0 radical (unpaired) electrons. The van der Waals surface area contributed by atoms with Gasteiger partial charge in [-0.05, 0) is 48.4 Å². The van der Waals surface area contributed by atoms with Gasteiger partial charge in [0, 0.05) is 18.2 Å². The predicted octanol–water partition coefficient (Wildman–Crippen LogP) is 8.31. The zero-order valence-electron chi connectivity index (χ0n) is 18.8. The lowest BCUT2D eigenvalue weighted by Gasteiger charge is -2.10. The van der Waals surface area contributed by atoms with Gasteiger partial charge in [-0.2, -0.15) is 0 Å². The first kappa shape index (κ1) is 26.5. The van der Waals surface area contributed by atoms with E-state index in [9.17, 15) is 4.39 Å². The molecule has 0 spiro atoms. The van der Waals surface area contributed by atoms with Gasteiger partial charge in [-0.3, -0.25) is 4.39 Å². The minimum atomic E-state index is -0.275. The Morgan fingerprint density at radius 2 is 2.09 bits per heavy atom. The maximum Gasteiger partial charge on any atom is 0.127 e. The van der Waals surface area contributed by atoms with E-state index in [1.54, 1.807) is 41.4 Å². The summed E-state index contributed by atoms with van der Waals surface area (Å²) in [6.07, 6.45) is 24.9. The Labute approximate surface area is 208 Å². The second-order valence-corrected chi connectivity index (χ2v) is 9.91. The molecular formula is C27H27FN2S3. The maximum atomic E-state index is 12.6. The fraction of sp³-hybridized carbons (Fsp3) is 0.222. The smallest absolute Gasteiger partial charge is 0.127 e. The van der Waals surface area contributed by atoms with Crippen LogP contribution in [0.25, 0.3) is 26.4 Å². The number of pyridine rings is 1. The molecule has 170 valence electrons. The number of thiophene rings is 2. The van der Waals surface area contributed by atoms with E-state index in [1.807, 2.05) is 7.05 Å². The maximum absolute atomic E-state index is 12.6. The van der Waals surface area contributed by atoms with Gasteiger partial charge in [0.15, 0.2) is 0 Å². The molecule has 33 heavy (non-hydrogen) atoms. The number of nitrogens with zero attached hydrogens (tertiary/aromatic N) is 1. The zero-order chi connectivity index (χ0) is 24.1. The normalized spacial score (nSPS) is 11.9. The number of hydrogen-bond donors (Lipinski definition) is 1. The number of alkyl halides is 1. The lowest BCUT2D eigenvalue weighted by molar-refractivity contribution is 0.489. The van der Waals surface area contributed by atoms with Crippen molar-refractivity contribution in [1.82, 2.24) is 4.98 Å². The molecule has 2 nitrogen and oxygen atoms in total. The number of anilines is 1. The Hall–Kier alpha value is -2.77. The third-order valence-electron chi connectivity index (χ3n) is 4.46. The average molecular weight is 495 g/mol. The lowest BCUT2D eigenvalue weighted by Crippen LogP contribution is -1.93. The van der Waals surface area contributed by atoms with Crippen molar-refractivity contribution < 1.29 is 4.39 Å². The third-order valence-corrected chi connectivity index (χ3v) is 7.79. The number of terminal acetylenes is 2. The first-order valence-electron chi connectivity index (χ1n) is 10.4. The van der Waals surface area contributed by atoms with Crippen LogP contribution in [-0.2, 0) is 0 Å². The summed E-state index contributed by atoms with van der Waals surface area (Å²) in [6.45, 7) is 1.38. The first-order chi connectivity index (χ1) is 16.2. The van der Waals surface area contributed by atoms with E-state index in [4.69, 9.17) is 4.98 Å². The number of fused-ring (bicyclic) bond motifs is 1. The fourth-order valence-electron chi connectivity index (χ4n) is 3.16. The molecule has 0 atom stereocenters. The molecule has 0 saturated heterocycles. The molecule has 6 heteroatoms. The van der Waals surface area contributed by atoms with E-state index >= 15 is 0 Å². The molecule has 3 heterocycles. The van der Waals surface area contributed by atoms with Crippen molar-refractivity contribution in [2.24, 2.45) is 0 Å². The largest absolute Gasteiger partial charge is 0.386 e. The van der Waals surface area contributed by atoms with E-state index in [-0.39, 0.29) is 6.67 Å². The van der Waals surface area contributed by atoms with Crippen molar-refractivity contribution in [3.8, 4) is 35.8 Å². The summed E-state index contributed by atoms with van der Waals surface area (Å²) >= 11 is 5.11. The lowest BCUT2D eigenvalue weighted by atomic mass is 10.0. The Morgan fingerprint density at radius 3 is 2.76 bits per heavy atom. The van der Waals surface area contributed by atoms with Crippen molar-refractivity contribution in [2.75, 3.05) is 24.8 Å². The van der Waals surface area contributed by atoms with E-state index in [0.29, 0.717) is 6.42 Å². The molecule has 0 aromatic carbocycles. The standard InChI is InChI=1S/C22H21FN2S3.C3H4.C2H2/c1-24-20-19-16(15-8-4-2-3-5-9-15)14-17(18-10-6-12-26-18)25-21(19)28-22(20)27-13-7-11-23;1-3-2;1-2/h2,4-6,8-10,12,14,24H,3,7,11,13H2,1H3;1H,2H3;1-2H. The Bertz CT molecular complexity index is 1180. The van der Waals surface area contributed by atoms with Crippen LogP contribution in [0, 0.1) is 25.2 Å². The Kier molecular flexibility index (Phi) is 11.6. The Morgan fingerprint density at radius 1 is 1.30 bits per heavy atom. The van der Waals surface area contributed by atoms with Gasteiger partial charge in [-0.1, -0.05) is 36.4 Å². The van der Waals surface area contributed by atoms with E-state index < -0.39 is 0 Å². The van der Waals surface area contributed by atoms with Gasteiger partial charge in [0.05, 0.1) is 27.1 Å². The van der Waals surface area contributed by atoms with Crippen molar-refractivity contribution in [3.05, 3.63) is 59.5 Å². The fourth-order valence-corrected chi connectivity index (χ4v) is 6.30. The molecule has 0 unspecified atom stereocenters. The molecular weight excluding hydrogens is 468 g/mol. The number of hydrogen-bond acceptors (Lipinski definition) is 5. The molecule has 0 bridgehead atoms. The molecule has 0 aliphatic heterocycles. The predicted molar refractivity (Wildman–Crippen MR) is 149 cm³/mol. The number of nitrogens with one attached hydrogen (secondary N) is 1. The van der Waals surface area contributed by atoms with Crippen molar-refractivity contribution in [1.29, 1.82) is 0 Å². The zero-order valence-corrected chi connectivity index (χ0v) is 21.3. The SMILES string of the molecule is C#C.C#CC.CNc1c(SCCCF)sc2nc(-c3cccs3)cc(C3=CC=CCC=C3)c12. The molecule has 0 saturated carbocycles. The third kappa shape index (κ3) is 6.85. The van der Waals surface area contributed by atoms with Crippen molar-refractivity contribution >= 4 is 55.9 Å². The molecule has 0 amide bonds. The average Bonchev–Trinajstić information content (AvgIpc) is 3.41. The van der Waals surface area contributed by atoms with Gasteiger partial charge >= 0.3 is 0 Å². The summed E-state index contributed by atoms with van der Waals surface area (Å²) < 4.78 is 13.8. The van der Waals surface area contributed by atoms with Gasteiger partial charge < -0.3 is 5.32 Å². The van der Waals surface area contributed by atoms with Gasteiger partial charge in [-0.15, -0.1) is 59.6 Å². The van der Waals surface area contributed by atoms with Crippen molar-refractivity contribution in [3.63, 3.8) is 0 Å². The number of aromatic nitrogens is 1. The molecule has 4 rings (SSSR count). The number of thioether (sulfide) groups is 1. The van der Waals surface area contributed by atoms with Crippen LogP contribution >= 0.6 is 34.4 Å². The highest BCUT2D eigenvalue weighted by Gasteiger charge is 2.19. The highest BCUT2D eigenvalue weighted by Crippen LogP contribution is 2.46. The van der Waals surface area contributed by atoms with Crippen LogP contribution in [0.15, 0.2) is 58.2 Å². The highest BCUT2D eigenvalue weighted by molar-refractivity contribution is 8.01. The van der Waals surface area contributed by atoms with Crippen molar-refractivity contribution in [2.45, 2.75) is 24.0 Å². The molecule has 1 aliphatic rings. The topological polar surface area (TPSA) is 24.9 Å². The minimum absolute atomic E-state index is 0.275. The van der Waals surface area contributed by atoms with Crippen LogP contribution in [0.4, 0.5) is 10.1 Å². The van der Waals surface area contributed by atoms with Gasteiger partial charge in [0.25, 0.3) is 0 Å². The van der Waals surface area contributed by atoms with Crippen LogP contribution in [0.5, 0.6) is 0 Å². The second-order valence-electron chi connectivity index (χ2n) is 6.59. The first-order valence-corrected chi connectivity index (χ1v) is 13.0. The summed E-state index contributed by atoms with van der Waals surface area (Å²) in [4.78, 5) is 7.18. The monoisotopic (exact) mass is 494 g/mol. The quantitative estimate of drug-likeness (QED) is 0.203. The highest BCUT2D eigenvalue weighted by atomic mass is 32.2. The van der Waals surface area contributed by atoms with E-state index in [0.717, 1.165) is 33.8 Å². The van der Waals surface area contributed by atoms with Gasteiger partial charge in [0.1, 0.15) is 4.83 Å². The second kappa shape index (κ2) is 14.4. The van der Waals surface area contributed by atoms with E-state index in [1.165, 1.54) is 20.2 Å². The summed E-state index contributed by atoms with van der Waals surface area (Å²) in [5.74, 6) is 3.02. The van der Waals surface area contributed by atoms with Gasteiger partial charge in [0.2, 0.25) is 0 Å². The van der Waals surface area contributed by atoms with Crippen LogP contribution < -0.4 is 5.32 Å². The van der Waals surface area contributed by atoms with Crippen LogP contribution in [0.3, 0.4) is 0 Å². The molecule has 3 aromatic heterocycles. The summed E-state index contributed by atoms with van der Waals surface area (Å²) in [5, 5.41) is 6.62. The number of halogens is 1. The molecule has 3 aromatic rings. The minimum Gasteiger partial charge on any atom is -0.386 e. The molecule has 0 fully saturated rings. The number of allylic oxidation sites excluding steroid dienone is 6. The summed E-state index contributed by atoms with van der Waals surface area (Å²) in [6, 6.07) is 6.38.